The normalized spacial score (nSPS) is 10.0. The van der Waals surface area contributed by atoms with Gasteiger partial charge in [-0.1, -0.05) is 0 Å². The zero-order chi connectivity index (χ0) is 8.27. The van der Waals surface area contributed by atoms with Crippen LogP contribution in [0.5, 0.6) is 0 Å². The van der Waals surface area contributed by atoms with Crippen molar-refractivity contribution in [3.63, 3.8) is 0 Å². The average Bonchev–Trinajstić information content (AvgIpc) is 2.36. The Kier molecular flexibility index (Phi) is 2.78. The van der Waals surface area contributed by atoms with E-state index in [2.05, 4.69) is 30.9 Å². The molecule has 0 aromatic carbocycles. The maximum atomic E-state index is 11.1. The van der Waals surface area contributed by atoms with Crippen LogP contribution in [-0.4, -0.2) is 29.7 Å². The molecule has 0 bridgehead atoms. The fourth-order valence-corrected chi connectivity index (χ4v) is 1.10. The van der Waals surface area contributed by atoms with E-state index in [1.807, 2.05) is 0 Å². The van der Waals surface area contributed by atoms with Crippen molar-refractivity contribution in [2.24, 2.45) is 0 Å². The zero-order valence-electron chi connectivity index (χ0n) is 5.93. The number of aromatic amines is 1. The third kappa shape index (κ3) is 1.87. The summed E-state index contributed by atoms with van der Waals surface area (Å²) >= 11 is 3.14. The number of halogens is 1. The summed E-state index contributed by atoms with van der Waals surface area (Å²) in [6, 6.07) is 0. The van der Waals surface area contributed by atoms with Crippen molar-refractivity contribution in [2.45, 2.75) is 0 Å². The molecule has 0 saturated heterocycles. The lowest BCUT2D eigenvalue weighted by Crippen LogP contribution is -2.06. The number of rotatable bonds is 3. The van der Waals surface area contributed by atoms with E-state index in [0.29, 0.717) is 10.2 Å². The number of H-pyrrole nitrogens is 1. The summed E-state index contributed by atoms with van der Waals surface area (Å²) in [5.41, 5.74) is 0.520. The van der Waals surface area contributed by atoms with Crippen LogP contribution < -0.4 is 0 Å². The van der Waals surface area contributed by atoms with Crippen LogP contribution in [0.1, 0.15) is 10.4 Å². The van der Waals surface area contributed by atoms with Crippen molar-refractivity contribution in [2.75, 3.05) is 13.7 Å². The fraction of sp³-hybridized carbons (Fsp3) is 0.333. The molecular weight excluding hydrogens is 212 g/mol. The van der Waals surface area contributed by atoms with Crippen LogP contribution in [-0.2, 0) is 4.74 Å². The first-order valence-electron chi connectivity index (χ1n) is 2.96. The van der Waals surface area contributed by atoms with Gasteiger partial charge >= 0.3 is 0 Å². The van der Waals surface area contributed by atoms with Crippen LogP contribution in [0.15, 0.2) is 10.8 Å². The van der Waals surface area contributed by atoms with E-state index in [9.17, 15) is 4.79 Å². The first-order chi connectivity index (χ1) is 5.25. The van der Waals surface area contributed by atoms with Crippen molar-refractivity contribution in [1.29, 1.82) is 0 Å². The van der Waals surface area contributed by atoms with Gasteiger partial charge in [0.2, 0.25) is 0 Å². The Hall–Kier alpha value is -0.680. The fourth-order valence-electron chi connectivity index (χ4n) is 0.674. The molecule has 0 aliphatic rings. The Morgan fingerprint density at radius 3 is 3.09 bits per heavy atom. The number of hydrogen-bond donors (Lipinski definition) is 1. The van der Waals surface area contributed by atoms with E-state index in [4.69, 9.17) is 0 Å². The molecule has 1 heterocycles. The second-order valence-corrected chi connectivity index (χ2v) is 2.75. The van der Waals surface area contributed by atoms with E-state index < -0.39 is 0 Å². The molecule has 1 rings (SSSR count). The van der Waals surface area contributed by atoms with E-state index in [1.54, 1.807) is 0 Å². The van der Waals surface area contributed by atoms with Gasteiger partial charge in [0.25, 0.3) is 0 Å². The van der Waals surface area contributed by atoms with Gasteiger partial charge in [-0.05, 0) is 15.9 Å². The first-order valence-corrected chi connectivity index (χ1v) is 3.76. The minimum Gasteiger partial charge on any atom is -0.377 e. The third-order valence-corrected chi connectivity index (χ3v) is 1.77. The van der Waals surface area contributed by atoms with Crippen molar-refractivity contribution < 1.29 is 9.53 Å². The van der Waals surface area contributed by atoms with Gasteiger partial charge in [-0.3, -0.25) is 9.89 Å². The smallest absolute Gasteiger partial charge is 0.192 e. The molecule has 60 valence electrons. The number of nitrogens with zero attached hydrogens (tertiary/aromatic N) is 1. The molecular formula is C6H7BrN2O2. The number of ketones is 1. The molecule has 11 heavy (non-hydrogen) atoms. The molecule has 0 aliphatic carbocycles. The predicted octanol–water partition coefficient (Wildman–Crippen LogP) is 1.00. The molecule has 1 N–H and O–H groups in total. The van der Waals surface area contributed by atoms with Gasteiger partial charge in [0.15, 0.2) is 5.78 Å². The minimum atomic E-state index is -0.0897. The van der Waals surface area contributed by atoms with Gasteiger partial charge in [0.1, 0.15) is 11.2 Å². The Balaban J connectivity index is 2.76. The van der Waals surface area contributed by atoms with E-state index in [0.717, 1.165) is 0 Å². The molecule has 1 aromatic rings. The highest BCUT2D eigenvalue weighted by Gasteiger charge is 2.10. The summed E-state index contributed by atoms with van der Waals surface area (Å²) in [7, 11) is 1.48. The number of carbonyl (C=O) groups excluding carboxylic acids is 1. The Morgan fingerprint density at radius 2 is 2.64 bits per heavy atom. The number of carbonyl (C=O) groups is 1. The SMILES string of the molecule is COCC(=O)c1cn[nH]c1Br. The van der Waals surface area contributed by atoms with Crippen molar-refractivity contribution in [3.8, 4) is 0 Å². The Bertz CT molecular complexity index is 259. The highest BCUT2D eigenvalue weighted by molar-refractivity contribution is 9.10. The van der Waals surface area contributed by atoms with Gasteiger partial charge < -0.3 is 4.74 Å². The van der Waals surface area contributed by atoms with Gasteiger partial charge in [0.05, 0.1) is 11.8 Å². The van der Waals surface area contributed by atoms with Crippen LogP contribution in [0, 0.1) is 0 Å². The summed E-state index contributed by atoms with van der Waals surface area (Å²) in [6.07, 6.45) is 1.46. The number of methoxy groups -OCH3 is 1. The zero-order valence-corrected chi connectivity index (χ0v) is 7.51. The standard InChI is InChI=1S/C6H7BrN2O2/c1-11-3-5(10)4-2-8-9-6(4)7/h2H,3H2,1H3,(H,8,9). The topological polar surface area (TPSA) is 55.0 Å². The van der Waals surface area contributed by atoms with Crippen LogP contribution in [0.2, 0.25) is 0 Å². The molecule has 5 heteroatoms. The molecule has 0 aliphatic heterocycles. The first kappa shape index (κ1) is 8.42. The Labute approximate surface area is 72.1 Å². The largest absolute Gasteiger partial charge is 0.377 e. The molecule has 0 fully saturated rings. The monoisotopic (exact) mass is 218 g/mol. The lowest BCUT2D eigenvalue weighted by Gasteiger charge is -1.94. The van der Waals surface area contributed by atoms with Crippen LogP contribution in [0.25, 0.3) is 0 Å². The van der Waals surface area contributed by atoms with Gasteiger partial charge in [-0.15, -0.1) is 0 Å². The molecule has 0 spiro atoms. The van der Waals surface area contributed by atoms with Gasteiger partial charge in [-0.25, -0.2) is 0 Å². The summed E-state index contributed by atoms with van der Waals surface area (Å²) < 4.78 is 5.27. The highest BCUT2D eigenvalue weighted by atomic mass is 79.9. The van der Waals surface area contributed by atoms with Gasteiger partial charge in [0, 0.05) is 7.11 Å². The number of ether oxygens (including phenoxy) is 1. The molecule has 4 nitrogen and oxygen atoms in total. The highest BCUT2D eigenvalue weighted by Crippen LogP contribution is 2.12. The van der Waals surface area contributed by atoms with Crippen molar-refractivity contribution in [1.82, 2.24) is 10.2 Å². The Morgan fingerprint density at radius 1 is 1.91 bits per heavy atom. The number of hydrogen-bond acceptors (Lipinski definition) is 3. The van der Waals surface area contributed by atoms with Crippen LogP contribution >= 0.6 is 15.9 Å². The average molecular weight is 219 g/mol. The lowest BCUT2D eigenvalue weighted by molar-refractivity contribution is 0.0847. The molecule has 0 amide bonds. The number of nitrogens with one attached hydrogen (secondary N) is 1. The predicted molar refractivity (Wildman–Crippen MR) is 42.5 cm³/mol. The molecule has 0 saturated carbocycles. The third-order valence-electron chi connectivity index (χ3n) is 1.17. The van der Waals surface area contributed by atoms with Crippen molar-refractivity contribution in [3.05, 3.63) is 16.4 Å². The van der Waals surface area contributed by atoms with Crippen molar-refractivity contribution >= 4 is 21.7 Å². The quantitative estimate of drug-likeness (QED) is 0.771. The second-order valence-electron chi connectivity index (χ2n) is 1.95. The summed E-state index contributed by atoms with van der Waals surface area (Å²) in [4.78, 5) is 11.1. The van der Waals surface area contributed by atoms with Crippen LogP contribution in [0.3, 0.4) is 0 Å². The van der Waals surface area contributed by atoms with E-state index >= 15 is 0 Å². The summed E-state index contributed by atoms with van der Waals surface area (Å²) in [6.45, 7) is 0.0815. The minimum absolute atomic E-state index is 0.0815. The number of aromatic nitrogens is 2. The second kappa shape index (κ2) is 3.64. The number of Topliss-reactive ketones (excluding diaryl/α,β-unsaturated/α-hetero) is 1. The molecule has 0 unspecified atom stereocenters. The lowest BCUT2D eigenvalue weighted by atomic mass is 10.2. The molecule has 0 radical (unpaired) electrons. The maximum absolute atomic E-state index is 11.1. The van der Waals surface area contributed by atoms with E-state index in [1.165, 1.54) is 13.3 Å². The molecule has 0 atom stereocenters. The van der Waals surface area contributed by atoms with Gasteiger partial charge in [-0.2, -0.15) is 5.10 Å². The maximum Gasteiger partial charge on any atom is 0.192 e. The molecule has 1 aromatic heterocycles. The summed E-state index contributed by atoms with van der Waals surface area (Å²) in [5, 5.41) is 6.27. The summed E-state index contributed by atoms with van der Waals surface area (Å²) in [5.74, 6) is -0.0897. The van der Waals surface area contributed by atoms with Crippen LogP contribution in [0.4, 0.5) is 0 Å². The van der Waals surface area contributed by atoms with E-state index in [-0.39, 0.29) is 12.4 Å².